The van der Waals surface area contributed by atoms with E-state index in [0.717, 1.165) is 18.3 Å². The molecule has 1 saturated carbocycles. The van der Waals surface area contributed by atoms with Crippen LogP contribution in [-0.2, 0) is 0 Å². The summed E-state index contributed by atoms with van der Waals surface area (Å²) >= 11 is 0. The molecule has 98 valence electrons. The van der Waals surface area contributed by atoms with E-state index in [1.807, 2.05) is 13.1 Å². The molecule has 0 spiro atoms. The predicted molar refractivity (Wildman–Crippen MR) is 73.2 cm³/mol. The Morgan fingerprint density at radius 1 is 1.50 bits per heavy atom. The largest absolute Gasteiger partial charge is 0.370 e. The molecule has 0 aliphatic heterocycles. The van der Waals surface area contributed by atoms with Gasteiger partial charge in [0.15, 0.2) is 0 Å². The van der Waals surface area contributed by atoms with Gasteiger partial charge in [0.25, 0.3) is 0 Å². The Morgan fingerprint density at radius 2 is 2.28 bits per heavy atom. The summed E-state index contributed by atoms with van der Waals surface area (Å²) in [6, 6.07) is 2.16. The molecule has 0 aromatic carbocycles. The normalized spacial score (nSPS) is 16.3. The smallest absolute Gasteiger partial charge is 0.130 e. The van der Waals surface area contributed by atoms with Gasteiger partial charge in [-0.1, -0.05) is 0 Å². The average molecular weight is 247 g/mol. The molecule has 1 atom stereocenters. The molecule has 3 N–H and O–H groups in total. The van der Waals surface area contributed by atoms with Crippen LogP contribution < -0.4 is 10.6 Å². The van der Waals surface area contributed by atoms with Crippen LogP contribution in [-0.4, -0.2) is 35.3 Å². The summed E-state index contributed by atoms with van der Waals surface area (Å²) in [7, 11) is 1.90. The van der Waals surface area contributed by atoms with Gasteiger partial charge in [-0.3, -0.25) is 0 Å². The molecule has 1 unspecified atom stereocenters. The Labute approximate surface area is 108 Å². The molecule has 0 bridgehead atoms. The van der Waals surface area contributed by atoms with E-state index in [2.05, 4.69) is 27.5 Å². The van der Waals surface area contributed by atoms with Gasteiger partial charge in [-0.15, -0.1) is 0 Å². The first-order chi connectivity index (χ1) is 8.69. The molecule has 0 radical (unpaired) electrons. The van der Waals surface area contributed by atoms with E-state index in [9.17, 15) is 0 Å². The minimum absolute atomic E-state index is 0.287. The summed E-state index contributed by atoms with van der Waals surface area (Å²) in [6.07, 6.45) is 4.85. The monoisotopic (exact) mass is 247 g/mol. The first-order valence-electron chi connectivity index (χ1n) is 6.50. The number of hydrogen-bond acceptors (Lipinski definition) is 5. The molecule has 1 aliphatic rings. The number of aromatic nitrogens is 2. The second-order valence-corrected chi connectivity index (χ2v) is 4.99. The van der Waals surface area contributed by atoms with E-state index in [1.54, 1.807) is 0 Å². The molecule has 1 aromatic rings. The van der Waals surface area contributed by atoms with E-state index in [1.165, 1.54) is 19.2 Å². The van der Waals surface area contributed by atoms with Gasteiger partial charge in [0.1, 0.15) is 12.1 Å². The Bertz CT molecular complexity index is 414. The van der Waals surface area contributed by atoms with E-state index < -0.39 is 0 Å². The van der Waals surface area contributed by atoms with Crippen molar-refractivity contribution in [2.24, 2.45) is 5.92 Å². The summed E-state index contributed by atoms with van der Waals surface area (Å²) in [5, 5.41) is 14.5. The Hall–Kier alpha value is -1.49. The Kier molecular flexibility index (Phi) is 4.25. The molecule has 1 aliphatic carbocycles. The molecule has 5 nitrogen and oxygen atoms in total. The molecule has 1 aromatic heterocycles. The molecule has 0 amide bonds. The fourth-order valence-electron chi connectivity index (χ4n) is 1.70. The fraction of sp³-hybridized carbons (Fsp3) is 0.615. The maximum absolute atomic E-state index is 8.03. The van der Waals surface area contributed by atoms with Gasteiger partial charge in [-0.05, 0) is 32.7 Å². The van der Waals surface area contributed by atoms with Crippen molar-refractivity contribution in [3.05, 3.63) is 18.1 Å². The molecule has 5 heteroatoms. The van der Waals surface area contributed by atoms with Crippen molar-refractivity contribution in [1.82, 2.24) is 15.3 Å². The molecule has 2 rings (SSSR count). The molecular formula is C13H21N5. The van der Waals surface area contributed by atoms with Crippen LogP contribution in [0.1, 0.15) is 31.9 Å². The van der Waals surface area contributed by atoms with Crippen molar-refractivity contribution in [3.8, 4) is 0 Å². The molecule has 1 fully saturated rings. The zero-order valence-electron chi connectivity index (χ0n) is 11.0. The van der Waals surface area contributed by atoms with Gasteiger partial charge in [0, 0.05) is 25.1 Å². The summed E-state index contributed by atoms with van der Waals surface area (Å²) < 4.78 is 0. The highest BCUT2D eigenvalue weighted by Crippen LogP contribution is 2.28. The molecule has 1 heterocycles. The zero-order chi connectivity index (χ0) is 13.0. The van der Waals surface area contributed by atoms with Crippen molar-refractivity contribution in [1.29, 1.82) is 5.41 Å². The lowest BCUT2D eigenvalue weighted by atomic mass is 10.1. The second-order valence-electron chi connectivity index (χ2n) is 4.99. The van der Waals surface area contributed by atoms with Gasteiger partial charge < -0.3 is 16.0 Å². The van der Waals surface area contributed by atoms with Crippen LogP contribution in [0.3, 0.4) is 0 Å². The minimum atomic E-state index is 0.287. The van der Waals surface area contributed by atoms with Gasteiger partial charge in [0.2, 0.25) is 0 Å². The lowest BCUT2D eigenvalue weighted by Crippen LogP contribution is -2.25. The lowest BCUT2D eigenvalue weighted by molar-refractivity contribution is 0.632. The first kappa shape index (κ1) is 13.0. The number of hydrogen-bond donors (Lipinski definition) is 3. The highest BCUT2D eigenvalue weighted by molar-refractivity contribution is 5.97. The summed E-state index contributed by atoms with van der Waals surface area (Å²) in [5.74, 6) is 1.64. The van der Waals surface area contributed by atoms with E-state index in [4.69, 9.17) is 5.41 Å². The fourth-order valence-corrected chi connectivity index (χ4v) is 1.70. The third-order valence-corrected chi connectivity index (χ3v) is 3.25. The van der Waals surface area contributed by atoms with Crippen LogP contribution >= 0.6 is 0 Å². The van der Waals surface area contributed by atoms with Crippen LogP contribution in [0.25, 0.3) is 0 Å². The summed E-state index contributed by atoms with van der Waals surface area (Å²) in [4.78, 5) is 8.35. The lowest BCUT2D eigenvalue weighted by Gasteiger charge is -2.11. The quantitative estimate of drug-likeness (QED) is 0.641. The van der Waals surface area contributed by atoms with Crippen LogP contribution in [0.5, 0.6) is 0 Å². The summed E-state index contributed by atoms with van der Waals surface area (Å²) in [5.41, 5.74) is 1.26. The van der Waals surface area contributed by atoms with Gasteiger partial charge >= 0.3 is 0 Å². The second kappa shape index (κ2) is 5.91. The van der Waals surface area contributed by atoms with E-state index in [0.29, 0.717) is 17.8 Å². The number of nitrogens with zero attached hydrogens (tertiary/aromatic N) is 2. The van der Waals surface area contributed by atoms with Crippen LogP contribution in [0.2, 0.25) is 0 Å². The van der Waals surface area contributed by atoms with Crippen LogP contribution in [0, 0.1) is 11.3 Å². The highest BCUT2D eigenvalue weighted by atomic mass is 15.0. The maximum atomic E-state index is 8.03. The number of rotatable bonds is 7. The van der Waals surface area contributed by atoms with Gasteiger partial charge in [-0.25, -0.2) is 9.97 Å². The predicted octanol–water partition coefficient (Wildman–Crippen LogP) is 1.66. The van der Waals surface area contributed by atoms with Crippen LogP contribution in [0.15, 0.2) is 12.4 Å². The molecule has 18 heavy (non-hydrogen) atoms. The first-order valence-corrected chi connectivity index (χ1v) is 6.50. The minimum Gasteiger partial charge on any atom is -0.370 e. The molecular weight excluding hydrogens is 226 g/mol. The number of nitrogens with one attached hydrogen (secondary N) is 3. The van der Waals surface area contributed by atoms with Crippen LogP contribution in [0.4, 0.5) is 5.82 Å². The van der Waals surface area contributed by atoms with E-state index >= 15 is 0 Å². The Balaban J connectivity index is 1.94. The van der Waals surface area contributed by atoms with E-state index in [-0.39, 0.29) is 6.04 Å². The van der Waals surface area contributed by atoms with Crippen molar-refractivity contribution >= 4 is 11.5 Å². The zero-order valence-corrected chi connectivity index (χ0v) is 11.0. The third kappa shape index (κ3) is 3.77. The average Bonchev–Trinajstić information content (AvgIpc) is 3.20. The maximum Gasteiger partial charge on any atom is 0.130 e. The van der Waals surface area contributed by atoms with Crippen molar-refractivity contribution in [3.63, 3.8) is 0 Å². The standard InChI is InChI=1S/C13H21N5/c1-9(15-2)5-11(14)12-6-13(18-8-17-12)16-7-10-3-4-10/h6,8-10,14-15H,3-5,7H2,1-2H3,(H,16,17,18). The van der Waals surface area contributed by atoms with Crippen molar-refractivity contribution < 1.29 is 0 Å². The SMILES string of the molecule is CNC(C)CC(=N)c1cc(NCC2CC2)ncn1. The highest BCUT2D eigenvalue weighted by Gasteiger charge is 2.20. The van der Waals surface area contributed by atoms with Gasteiger partial charge in [-0.2, -0.15) is 0 Å². The third-order valence-electron chi connectivity index (χ3n) is 3.25. The van der Waals surface area contributed by atoms with Crippen molar-refractivity contribution in [2.45, 2.75) is 32.2 Å². The topological polar surface area (TPSA) is 73.7 Å². The molecule has 0 saturated heterocycles. The van der Waals surface area contributed by atoms with Crippen molar-refractivity contribution in [2.75, 3.05) is 18.9 Å². The number of anilines is 1. The Morgan fingerprint density at radius 3 is 2.94 bits per heavy atom. The summed E-state index contributed by atoms with van der Waals surface area (Å²) in [6.45, 7) is 3.04. The van der Waals surface area contributed by atoms with Gasteiger partial charge in [0.05, 0.1) is 11.4 Å².